The van der Waals surface area contributed by atoms with E-state index >= 15 is 0 Å². The number of nitrogens with zero attached hydrogens (tertiary/aromatic N) is 2. The molecule has 0 saturated carbocycles. The van der Waals surface area contributed by atoms with Crippen molar-refractivity contribution in [3.63, 3.8) is 0 Å². The predicted octanol–water partition coefficient (Wildman–Crippen LogP) is 3.94. The minimum Gasteiger partial charge on any atom is -0.391 e. The molecule has 0 aliphatic rings. The number of oxime groups is 1. The molecule has 1 heterocycles. The summed E-state index contributed by atoms with van der Waals surface area (Å²) in [6, 6.07) is 10.8. The van der Waals surface area contributed by atoms with Crippen molar-refractivity contribution in [1.82, 2.24) is 4.98 Å². The van der Waals surface area contributed by atoms with Crippen molar-refractivity contribution in [2.24, 2.45) is 5.16 Å². The van der Waals surface area contributed by atoms with E-state index in [0.717, 1.165) is 11.3 Å². The standard InChI is InChI=1S/C13H10Cl2N2O/c14-11-5-4-10(13(15)7-11)9-18-17-8-12-3-1-2-6-16-12/h1-8H,9H2/b17-8+. The van der Waals surface area contributed by atoms with Crippen LogP contribution in [0.5, 0.6) is 0 Å². The molecule has 0 amide bonds. The third-order valence-electron chi connectivity index (χ3n) is 2.18. The number of hydrogen-bond acceptors (Lipinski definition) is 3. The summed E-state index contributed by atoms with van der Waals surface area (Å²) in [6.07, 6.45) is 3.24. The highest BCUT2D eigenvalue weighted by atomic mass is 35.5. The molecule has 0 aliphatic carbocycles. The number of halogens is 2. The first-order valence-electron chi connectivity index (χ1n) is 5.26. The van der Waals surface area contributed by atoms with Crippen LogP contribution < -0.4 is 0 Å². The fourth-order valence-corrected chi connectivity index (χ4v) is 1.75. The Morgan fingerprint density at radius 3 is 2.83 bits per heavy atom. The quantitative estimate of drug-likeness (QED) is 0.628. The second-order valence-electron chi connectivity index (χ2n) is 3.50. The van der Waals surface area contributed by atoms with Crippen molar-refractivity contribution in [2.75, 3.05) is 0 Å². The van der Waals surface area contributed by atoms with Crippen LogP contribution in [-0.4, -0.2) is 11.2 Å². The van der Waals surface area contributed by atoms with Crippen molar-refractivity contribution < 1.29 is 4.84 Å². The van der Waals surface area contributed by atoms with Gasteiger partial charge >= 0.3 is 0 Å². The first kappa shape index (κ1) is 12.9. The molecule has 92 valence electrons. The molecule has 2 aromatic rings. The molecule has 0 spiro atoms. The van der Waals surface area contributed by atoms with E-state index in [4.69, 9.17) is 28.0 Å². The molecule has 0 atom stereocenters. The summed E-state index contributed by atoms with van der Waals surface area (Å²) in [5.41, 5.74) is 1.57. The molecule has 2 rings (SSSR count). The lowest BCUT2D eigenvalue weighted by molar-refractivity contribution is 0.132. The maximum atomic E-state index is 6.00. The molecular weight excluding hydrogens is 271 g/mol. The molecule has 0 aliphatic heterocycles. The Kier molecular flexibility index (Phi) is 4.56. The van der Waals surface area contributed by atoms with Gasteiger partial charge in [-0.1, -0.05) is 40.5 Å². The minimum atomic E-state index is 0.291. The zero-order chi connectivity index (χ0) is 12.8. The van der Waals surface area contributed by atoms with Gasteiger partial charge in [0.1, 0.15) is 6.61 Å². The van der Waals surface area contributed by atoms with Crippen LogP contribution in [0.4, 0.5) is 0 Å². The summed E-state index contributed by atoms with van der Waals surface area (Å²) in [7, 11) is 0. The number of aromatic nitrogens is 1. The Morgan fingerprint density at radius 1 is 1.22 bits per heavy atom. The molecule has 0 fully saturated rings. The zero-order valence-electron chi connectivity index (χ0n) is 9.38. The molecule has 3 nitrogen and oxygen atoms in total. The van der Waals surface area contributed by atoms with Gasteiger partial charge in [0.2, 0.25) is 0 Å². The van der Waals surface area contributed by atoms with E-state index < -0.39 is 0 Å². The minimum absolute atomic E-state index is 0.291. The number of benzene rings is 1. The van der Waals surface area contributed by atoms with Gasteiger partial charge in [-0.05, 0) is 24.3 Å². The smallest absolute Gasteiger partial charge is 0.143 e. The molecule has 0 N–H and O–H groups in total. The van der Waals surface area contributed by atoms with E-state index in [2.05, 4.69) is 10.1 Å². The lowest BCUT2D eigenvalue weighted by Gasteiger charge is -2.02. The monoisotopic (exact) mass is 280 g/mol. The van der Waals surface area contributed by atoms with Gasteiger partial charge in [-0.25, -0.2) is 0 Å². The molecule has 0 saturated heterocycles. The SMILES string of the molecule is Clc1ccc(CO/N=C/c2ccccn2)c(Cl)c1. The second-order valence-corrected chi connectivity index (χ2v) is 4.34. The topological polar surface area (TPSA) is 34.5 Å². The van der Waals surface area contributed by atoms with Crippen molar-refractivity contribution in [2.45, 2.75) is 6.61 Å². The lowest BCUT2D eigenvalue weighted by atomic mass is 10.2. The van der Waals surface area contributed by atoms with E-state index in [-0.39, 0.29) is 0 Å². The average Bonchev–Trinajstić information content (AvgIpc) is 2.38. The van der Waals surface area contributed by atoms with Gasteiger partial charge < -0.3 is 4.84 Å². The molecule has 1 aromatic heterocycles. The molecule has 5 heteroatoms. The Hall–Kier alpha value is -1.58. The summed E-state index contributed by atoms with van der Waals surface area (Å²) in [6.45, 7) is 0.291. The maximum absolute atomic E-state index is 6.00. The summed E-state index contributed by atoms with van der Waals surface area (Å²) in [5.74, 6) is 0. The maximum Gasteiger partial charge on any atom is 0.143 e. The number of rotatable bonds is 4. The first-order valence-corrected chi connectivity index (χ1v) is 6.01. The molecule has 0 radical (unpaired) electrons. The molecular formula is C13H10Cl2N2O. The van der Waals surface area contributed by atoms with Crippen LogP contribution in [-0.2, 0) is 11.4 Å². The second kappa shape index (κ2) is 6.38. The summed E-state index contributed by atoms with van der Waals surface area (Å²) in [4.78, 5) is 9.23. The molecule has 0 unspecified atom stereocenters. The van der Waals surface area contributed by atoms with Crippen molar-refractivity contribution >= 4 is 29.4 Å². The molecule has 18 heavy (non-hydrogen) atoms. The van der Waals surface area contributed by atoms with Crippen molar-refractivity contribution in [3.8, 4) is 0 Å². The highest BCUT2D eigenvalue weighted by Gasteiger charge is 2.00. The molecule has 0 bridgehead atoms. The van der Waals surface area contributed by atoms with E-state index in [0.29, 0.717) is 16.7 Å². The van der Waals surface area contributed by atoms with E-state index in [9.17, 15) is 0 Å². The molecule has 1 aromatic carbocycles. The normalized spacial score (nSPS) is 10.8. The van der Waals surface area contributed by atoms with Gasteiger partial charge in [0.15, 0.2) is 0 Å². The summed E-state index contributed by atoms with van der Waals surface area (Å²) >= 11 is 11.8. The highest BCUT2D eigenvalue weighted by Crippen LogP contribution is 2.21. The van der Waals surface area contributed by atoms with Crippen LogP contribution in [0.3, 0.4) is 0 Å². The van der Waals surface area contributed by atoms with Crippen LogP contribution in [0.25, 0.3) is 0 Å². The number of hydrogen-bond donors (Lipinski definition) is 0. The van der Waals surface area contributed by atoms with Crippen LogP contribution in [0, 0.1) is 0 Å². The van der Waals surface area contributed by atoms with E-state index in [1.54, 1.807) is 30.6 Å². The van der Waals surface area contributed by atoms with Crippen LogP contribution >= 0.6 is 23.2 Å². The van der Waals surface area contributed by atoms with Crippen LogP contribution in [0.15, 0.2) is 47.8 Å². The van der Waals surface area contributed by atoms with Gasteiger partial charge in [-0.15, -0.1) is 0 Å². The van der Waals surface area contributed by atoms with Crippen molar-refractivity contribution in [1.29, 1.82) is 0 Å². The fourth-order valence-electron chi connectivity index (χ4n) is 1.29. The van der Waals surface area contributed by atoms with Crippen LogP contribution in [0.1, 0.15) is 11.3 Å². The third kappa shape index (κ3) is 3.72. The Labute approximate surface area is 115 Å². The van der Waals surface area contributed by atoms with E-state index in [1.165, 1.54) is 0 Å². The lowest BCUT2D eigenvalue weighted by Crippen LogP contribution is -1.90. The van der Waals surface area contributed by atoms with Gasteiger partial charge in [0.25, 0.3) is 0 Å². The Balaban J connectivity index is 1.91. The predicted molar refractivity (Wildman–Crippen MR) is 73.1 cm³/mol. The Bertz CT molecular complexity index is 544. The van der Waals surface area contributed by atoms with Gasteiger partial charge in [0, 0.05) is 21.8 Å². The summed E-state index contributed by atoms with van der Waals surface area (Å²) < 4.78 is 0. The zero-order valence-corrected chi connectivity index (χ0v) is 10.9. The van der Waals surface area contributed by atoms with E-state index in [1.807, 2.05) is 18.2 Å². The van der Waals surface area contributed by atoms with Gasteiger partial charge in [0.05, 0.1) is 11.9 Å². The van der Waals surface area contributed by atoms with Crippen molar-refractivity contribution in [3.05, 3.63) is 63.9 Å². The summed E-state index contributed by atoms with van der Waals surface area (Å²) in [5, 5.41) is 4.98. The Morgan fingerprint density at radius 2 is 2.11 bits per heavy atom. The first-order chi connectivity index (χ1) is 8.75. The van der Waals surface area contributed by atoms with Crippen LogP contribution in [0.2, 0.25) is 10.0 Å². The third-order valence-corrected chi connectivity index (χ3v) is 2.77. The average molecular weight is 281 g/mol. The largest absolute Gasteiger partial charge is 0.391 e. The van der Waals surface area contributed by atoms with Gasteiger partial charge in [-0.3, -0.25) is 4.98 Å². The fraction of sp³-hybridized carbons (Fsp3) is 0.0769. The van der Waals surface area contributed by atoms with Gasteiger partial charge in [-0.2, -0.15) is 0 Å². The highest BCUT2D eigenvalue weighted by molar-refractivity contribution is 6.35. The number of pyridine rings is 1.